The number of phosphoric acid groups is 1. The van der Waals surface area contributed by atoms with E-state index in [0.717, 1.165) is 11.1 Å². The molecule has 0 radical (unpaired) electrons. The molecule has 6 aliphatic rings. The van der Waals surface area contributed by atoms with Gasteiger partial charge in [0.25, 0.3) is 0 Å². The minimum Gasteiger partial charge on any atom is -0.394 e. The van der Waals surface area contributed by atoms with Gasteiger partial charge in [0.15, 0.2) is 6.23 Å². The molecule has 17 N–H and O–H groups in total. The van der Waals surface area contributed by atoms with Crippen LogP contribution in [0.1, 0.15) is 150 Å². The van der Waals surface area contributed by atoms with Gasteiger partial charge in [0.05, 0.1) is 41.7 Å². The maximum atomic E-state index is 14.4. The van der Waals surface area contributed by atoms with Crippen molar-refractivity contribution in [3.05, 3.63) is 63.9 Å². The average molecular weight is 1270 g/mol. The molecule has 7 heterocycles. The number of primary amides is 6. The highest BCUT2D eigenvalue weighted by Gasteiger charge is 2.66. The molecule has 11 unspecified atom stereocenters. The Morgan fingerprint density at radius 2 is 1.40 bits per heavy atom. The van der Waals surface area contributed by atoms with Crippen molar-refractivity contribution in [2.45, 2.75) is 189 Å². The quantitative estimate of drug-likeness (QED) is 0.0603. The van der Waals surface area contributed by atoms with Gasteiger partial charge in [0.2, 0.25) is 41.4 Å². The van der Waals surface area contributed by atoms with E-state index in [1.165, 1.54) is 13.3 Å². The van der Waals surface area contributed by atoms with Crippen LogP contribution in [0.25, 0.3) is 11.0 Å². The number of nitrogens with one attached hydrogen (secondary N) is 2. The van der Waals surface area contributed by atoms with Crippen LogP contribution >= 0.6 is 7.82 Å². The number of aryl methyl sites for hydroxylation is 2. The van der Waals surface area contributed by atoms with Crippen molar-refractivity contribution in [2.75, 3.05) is 13.2 Å². The fourth-order valence-electron chi connectivity index (χ4n) is 15.4. The number of phosphoric ester groups is 1. The first-order valence-corrected chi connectivity index (χ1v) is 32.1. The number of benzene rings is 1. The number of aliphatic imine (C=N–C) groups is 3. The lowest BCUT2D eigenvalue weighted by atomic mass is 9.55. The molecule has 0 spiro atoms. The maximum Gasteiger partial charge on any atom is 0.472 e. The Balaban J connectivity index is 1.19. The third kappa shape index (κ3) is 13.0. The third-order valence-electron chi connectivity index (χ3n) is 20.6. The zero-order chi connectivity index (χ0) is 66.7. The van der Waals surface area contributed by atoms with Gasteiger partial charge in [-0.3, -0.25) is 57.6 Å². The van der Waals surface area contributed by atoms with E-state index in [0.29, 0.717) is 56.4 Å². The Labute approximate surface area is 523 Å². The van der Waals surface area contributed by atoms with Crippen molar-refractivity contribution in [3.8, 4) is 0 Å². The number of aliphatic hydroxyl groups is 2. The molecule has 0 saturated carbocycles. The molecule has 28 heteroatoms. The molecule has 7 amide bonds. The zero-order valence-electron chi connectivity index (χ0n) is 53.3. The number of carbonyl (C=O) groups is 7. The van der Waals surface area contributed by atoms with E-state index < -0.39 is 143 Å². The van der Waals surface area contributed by atoms with Gasteiger partial charge in [0.1, 0.15) is 18.3 Å². The predicted molar refractivity (Wildman–Crippen MR) is 334 cm³/mol. The van der Waals surface area contributed by atoms with Crippen molar-refractivity contribution >= 4 is 77.3 Å². The molecule has 8 bridgehead atoms. The first kappa shape index (κ1) is 68.9. The van der Waals surface area contributed by atoms with Crippen LogP contribution in [-0.2, 0) is 51.9 Å². The molecular formula is C62H90N13O14P. The van der Waals surface area contributed by atoms with Crippen LogP contribution in [0.4, 0.5) is 0 Å². The van der Waals surface area contributed by atoms with E-state index in [-0.39, 0.29) is 77.2 Å². The van der Waals surface area contributed by atoms with Gasteiger partial charge in [-0.15, -0.1) is 0 Å². The molecule has 492 valence electrons. The van der Waals surface area contributed by atoms with E-state index in [1.807, 2.05) is 87.4 Å². The van der Waals surface area contributed by atoms with Gasteiger partial charge < -0.3 is 69.4 Å². The average Bonchev–Trinajstić information content (AvgIpc) is 1.53. The summed E-state index contributed by atoms with van der Waals surface area (Å²) in [6.45, 7) is 19.3. The number of allylic oxidation sites excluding steroid dienone is 6. The van der Waals surface area contributed by atoms with Gasteiger partial charge >= 0.3 is 7.82 Å². The summed E-state index contributed by atoms with van der Waals surface area (Å²) in [6, 6.07) is 2.70. The summed E-state index contributed by atoms with van der Waals surface area (Å²) in [5, 5.41) is 28.2. The van der Waals surface area contributed by atoms with Crippen LogP contribution in [-0.4, -0.2) is 132 Å². The second-order valence-corrected chi connectivity index (χ2v) is 28.4. The SMILES string of the molecule is CC1=C2N=C(C=C3N/C(=C(/C)C4=NC(C)(C5N=C1C(C)(CCC(=O)NCC(C)OP(=O)(O)O[C@H]1[C@@H](O)[C@@H](n6cnc7cc(C)c(C)cc76)O[C@@H]1CO)C5CC(N)=O)C(C)(CC(N)=O)C4CCC(N)=O)C(C)(CC(N)=O)C3CCC(N)=O)C(C)(C)C2CCC(N)=O. The largest absolute Gasteiger partial charge is 0.472 e. The summed E-state index contributed by atoms with van der Waals surface area (Å²) in [5.41, 5.74) is 37.4. The molecule has 90 heavy (non-hydrogen) atoms. The summed E-state index contributed by atoms with van der Waals surface area (Å²) < 4.78 is 32.3. The van der Waals surface area contributed by atoms with E-state index >= 15 is 0 Å². The Kier molecular flexibility index (Phi) is 19.6. The lowest BCUT2D eigenvalue weighted by Crippen LogP contribution is -2.56. The molecule has 6 aliphatic heterocycles. The predicted octanol–water partition coefficient (Wildman–Crippen LogP) is 3.16. The molecule has 1 aromatic heterocycles. The molecule has 8 rings (SSSR count). The number of carbonyl (C=O) groups excluding carboxylic acids is 7. The zero-order valence-corrected chi connectivity index (χ0v) is 54.1. The van der Waals surface area contributed by atoms with E-state index in [4.69, 9.17) is 63.2 Å². The highest BCUT2D eigenvalue weighted by Crippen LogP contribution is 2.63. The number of aliphatic hydroxyl groups excluding tert-OH is 2. The summed E-state index contributed by atoms with van der Waals surface area (Å²) in [7, 11) is -5.07. The lowest BCUT2D eigenvalue weighted by Gasteiger charge is -2.48. The summed E-state index contributed by atoms with van der Waals surface area (Å²) in [6.07, 6.45) is -4.26. The first-order valence-electron chi connectivity index (χ1n) is 30.6. The van der Waals surface area contributed by atoms with Crippen LogP contribution in [0.15, 0.2) is 67.8 Å². The van der Waals surface area contributed by atoms with Crippen molar-refractivity contribution in [1.29, 1.82) is 0 Å². The van der Waals surface area contributed by atoms with E-state index in [2.05, 4.69) is 15.6 Å². The number of imidazole rings is 1. The minimum absolute atomic E-state index is 0.0114. The summed E-state index contributed by atoms with van der Waals surface area (Å²) >= 11 is 0. The van der Waals surface area contributed by atoms with Crippen LogP contribution in [0, 0.1) is 59.2 Å². The van der Waals surface area contributed by atoms with Crippen LogP contribution in [0.3, 0.4) is 0 Å². The second-order valence-electron chi connectivity index (χ2n) is 27.1. The fourth-order valence-corrected chi connectivity index (χ4v) is 16.6. The Morgan fingerprint density at radius 1 is 0.800 bits per heavy atom. The number of ether oxygens (including phenoxy) is 1. The van der Waals surface area contributed by atoms with Gasteiger partial charge in [-0.25, -0.2) is 9.55 Å². The fraction of sp³-hybridized carbons (Fsp3) is 0.629. The second kappa shape index (κ2) is 25.6. The van der Waals surface area contributed by atoms with Gasteiger partial charge in [0, 0.05) is 131 Å². The molecule has 27 nitrogen and oxygen atoms in total. The van der Waals surface area contributed by atoms with Gasteiger partial charge in [-0.05, 0) is 108 Å². The Hall–Kier alpha value is -7.00. The highest BCUT2D eigenvalue weighted by molar-refractivity contribution is 7.47. The smallest absolute Gasteiger partial charge is 0.394 e. The van der Waals surface area contributed by atoms with Crippen molar-refractivity contribution in [2.24, 2.45) is 94.7 Å². The molecule has 2 fully saturated rings. The van der Waals surface area contributed by atoms with Crippen LogP contribution in [0.5, 0.6) is 0 Å². The van der Waals surface area contributed by atoms with Crippen molar-refractivity contribution < 1.29 is 67.0 Å². The lowest BCUT2D eigenvalue weighted by molar-refractivity contribution is -0.124. The number of hydrogen-bond donors (Lipinski definition) is 11. The third-order valence-corrected chi connectivity index (χ3v) is 21.7. The number of rotatable bonds is 26. The maximum absolute atomic E-state index is 14.4. The molecule has 1 aromatic carbocycles. The minimum atomic E-state index is -5.07. The standard InChI is InChI=1S/C62H90N13O14P/c1-29-20-39-40(21-30(29)2)75(28-70-39)57-52(84)53(41(27-76)87-57)89-90(85,86)88-31(3)26-69-49(83)18-19-59(8)37(22-46(66)80)56-62(11)61(10,25-48(68)82)36(14-17-45(65)79)51(74-62)33(5)55-60(9,24-47(67)81)34(12-15-43(63)77)38(71-55)23-42-58(6,7)35(13-16-44(64)78)50(72-42)32(4)54(59)73-56/h20-21,23,28,31,34-37,41,52-53,56-57,71,76,84H,12-19,22,24-27H2,1-11H3,(H2,63,77)(H2,64,78)(H2,65,79)(H2,66,80)(H2,67,81)(H2,68,82)(H,69,83)(H,85,86)/b38-23?,50-32?,55-33-/t31?,34?,35?,36?,37?,41-,52-,53-,56?,57+,59?,60?,61?,62?/m1/s1. The molecule has 2 saturated heterocycles. The van der Waals surface area contributed by atoms with Crippen molar-refractivity contribution in [3.63, 3.8) is 0 Å². The number of amides is 7. The molecule has 0 aliphatic carbocycles. The number of nitrogens with zero attached hydrogens (tertiary/aromatic N) is 5. The number of aromatic nitrogens is 2. The highest BCUT2D eigenvalue weighted by atomic mass is 31.2. The van der Waals surface area contributed by atoms with Crippen LogP contribution in [0.2, 0.25) is 0 Å². The number of nitrogens with two attached hydrogens (primary N) is 6. The molecular weight excluding hydrogens is 1180 g/mol. The Bertz CT molecular complexity index is 3540. The monoisotopic (exact) mass is 1270 g/mol. The van der Waals surface area contributed by atoms with Gasteiger partial charge in [-0.1, -0.05) is 34.6 Å². The normalized spacial score (nSPS) is 32.8. The first-order chi connectivity index (χ1) is 41.8. The molecule has 15 atom stereocenters. The van der Waals surface area contributed by atoms with Crippen molar-refractivity contribution in [1.82, 2.24) is 20.2 Å². The number of hydrogen-bond acceptors (Lipinski definition) is 18. The summed E-state index contributed by atoms with van der Waals surface area (Å²) in [4.78, 5) is 126. The van der Waals surface area contributed by atoms with Crippen LogP contribution < -0.4 is 45.0 Å². The van der Waals surface area contributed by atoms with Gasteiger partial charge in [-0.2, -0.15) is 0 Å². The van der Waals surface area contributed by atoms with E-state index in [1.54, 1.807) is 4.57 Å². The topological polar surface area (TPSA) is 460 Å². The Morgan fingerprint density at radius 3 is 1.99 bits per heavy atom. The van der Waals surface area contributed by atoms with E-state index in [9.17, 15) is 53.2 Å². The molecule has 2 aromatic rings. The number of fused-ring (bicyclic) bond motifs is 7. The summed E-state index contributed by atoms with van der Waals surface area (Å²) in [5.74, 6) is -7.18.